The summed E-state index contributed by atoms with van der Waals surface area (Å²) in [7, 11) is -4.40. The van der Waals surface area contributed by atoms with E-state index in [4.69, 9.17) is 0 Å². The van der Waals surface area contributed by atoms with Gasteiger partial charge < -0.3 is 10.6 Å². The van der Waals surface area contributed by atoms with Gasteiger partial charge in [0.1, 0.15) is 5.69 Å². The molecule has 2 aromatic carbocycles. The van der Waals surface area contributed by atoms with Crippen molar-refractivity contribution in [3.8, 4) is 0 Å². The number of nitrogens with zero attached hydrogens (tertiary/aromatic N) is 2. The van der Waals surface area contributed by atoms with E-state index in [0.29, 0.717) is 10.2 Å². The number of hydrogen-bond acceptors (Lipinski definition) is 4. The summed E-state index contributed by atoms with van der Waals surface area (Å²) in [6, 6.07) is 14.4. The number of anilines is 2. The van der Waals surface area contributed by atoms with Crippen molar-refractivity contribution in [2.24, 2.45) is 0 Å². The van der Waals surface area contributed by atoms with E-state index in [-0.39, 0.29) is 21.7 Å². The third-order valence-corrected chi connectivity index (χ3v) is 6.00. The Labute approximate surface area is 175 Å². The fourth-order valence-corrected chi connectivity index (χ4v) is 4.03. The number of benzene rings is 2. The van der Waals surface area contributed by atoms with Gasteiger partial charge in [-0.15, -0.1) is 0 Å². The second-order valence-electron chi connectivity index (χ2n) is 5.86. The lowest BCUT2D eigenvalue weighted by Gasteiger charge is -2.16. The monoisotopic (exact) mass is 478 g/mol. The maximum Gasteiger partial charge on any atom is 0.319 e. The zero-order chi connectivity index (χ0) is 20.9. The lowest BCUT2D eigenvalue weighted by Crippen LogP contribution is -2.28. The van der Waals surface area contributed by atoms with Crippen LogP contribution < -0.4 is 15.2 Å². The molecule has 0 saturated carbocycles. The predicted octanol–water partition coefficient (Wildman–Crippen LogP) is 4.25. The van der Waals surface area contributed by atoms with Gasteiger partial charge in [0, 0.05) is 29.1 Å². The number of carbonyl (C=O) groups excluding carboxylic acids is 1. The molecule has 0 spiro atoms. The van der Waals surface area contributed by atoms with Gasteiger partial charge in [-0.2, -0.15) is 8.42 Å². The van der Waals surface area contributed by atoms with Crippen LogP contribution in [0.15, 0.2) is 82.4 Å². The average molecular weight is 479 g/mol. The number of carbonyl (C=O) groups is 1. The van der Waals surface area contributed by atoms with Crippen LogP contribution in [0.1, 0.15) is 5.56 Å². The van der Waals surface area contributed by atoms with Gasteiger partial charge in [0.15, 0.2) is 0 Å². The minimum Gasteiger partial charge on any atom is -0.334 e. The SMILES string of the molecule is O=C(NCc1cccnc1)Nc1ccc(S(=O)(=O)N(F)c2ccccc2Br)cc1. The van der Waals surface area contributed by atoms with E-state index in [1.807, 2.05) is 6.07 Å². The van der Waals surface area contributed by atoms with Gasteiger partial charge in [0.05, 0.1) is 4.90 Å². The Kier molecular flexibility index (Phi) is 6.45. The minimum absolute atomic E-state index is 0.135. The third kappa shape index (κ3) is 5.09. The molecule has 10 heteroatoms. The zero-order valence-electron chi connectivity index (χ0n) is 14.9. The van der Waals surface area contributed by atoms with Crippen LogP contribution in [0.25, 0.3) is 0 Å². The average Bonchev–Trinajstić information content (AvgIpc) is 2.73. The summed E-state index contributed by atoms with van der Waals surface area (Å²) in [5, 5.41) is 5.24. The highest BCUT2D eigenvalue weighted by molar-refractivity contribution is 9.10. The predicted molar refractivity (Wildman–Crippen MR) is 111 cm³/mol. The van der Waals surface area contributed by atoms with Crippen LogP contribution in [-0.4, -0.2) is 19.4 Å². The standard InChI is InChI=1S/C19H16BrFN4O3S/c20-17-5-1-2-6-18(17)25(21)29(27,28)16-9-7-15(8-10-16)24-19(26)23-13-14-4-3-11-22-12-14/h1-12H,13H2,(H2,23,24,26). The fourth-order valence-electron chi connectivity index (χ4n) is 2.39. The lowest BCUT2D eigenvalue weighted by atomic mass is 10.3. The molecule has 0 saturated heterocycles. The topological polar surface area (TPSA) is 91.4 Å². The molecule has 0 aliphatic rings. The summed E-state index contributed by atoms with van der Waals surface area (Å²) in [6.45, 7) is 0.287. The number of para-hydroxylation sites is 1. The molecule has 7 nitrogen and oxygen atoms in total. The summed E-state index contributed by atoms with van der Waals surface area (Å²) in [4.78, 5) is 15.7. The van der Waals surface area contributed by atoms with E-state index in [9.17, 15) is 17.7 Å². The van der Waals surface area contributed by atoms with Crippen LogP contribution in [0, 0.1) is 0 Å². The molecule has 1 aromatic heterocycles. The molecule has 0 atom stereocenters. The summed E-state index contributed by atoms with van der Waals surface area (Å²) in [6.07, 6.45) is 3.27. The van der Waals surface area contributed by atoms with Crippen molar-refractivity contribution in [1.29, 1.82) is 0 Å². The first-order chi connectivity index (χ1) is 13.9. The Bertz CT molecular complexity index is 1100. The molecule has 0 aliphatic heterocycles. The lowest BCUT2D eigenvalue weighted by molar-refractivity contribution is 0.251. The van der Waals surface area contributed by atoms with Gasteiger partial charge in [-0.1, -0.05) is 27.2 Å². The van der Waals surface area contributed by atoms with E-state index in [0.717, 1.165) is 5.56 Å². The zero-order valence-corrected chi connectivity index (χ0v) is 17.3. The van der Waals surface area contributed by atoms with E-state index < -0.39 is 16.1 Å². The van der Waals surface area contributed by atoms with Crippen molar-refractivity contribution in [1.82, 2.24) is 10.3 Å². The Morgan fingerprint density at radius 2 is 1.79 bits per heavy atom. The van der Waals surface area contributed by atoms with Crippen molar-refractivity contribution in [3.63, 3.8) is 0 Å². The molecule has 0 bridgehead atoms. The first kappa shape index (κ1) is 20.7. The molecule has 29 heavy (non-hydrogen) atoms. The van der Waals surface area contributed by atoms with Crippen molar-refractivity contribution < 1.29 is 17.7 Å². The first-order valence-corrected chi connectivity index (χ1v) is 10.6. The van der Waals surface area contributed by atoms with Crippen molar-refractivity contribution in [2.75, 3.05) is 9.84 Å². The van der Waals surface area contributed by atoms with Crippen LogP contribution in [0.4, 0.5) is 20.7 Å². The normalized spacial score (nSPS) is 11.0. The summed E-state index contributed by atoms with van der Waals surface area (Å²) >= 11 is 3.13. The number of halogens is 2. The Balaban J connectivity index is 1.66. The number of sulfonamides is 1. The van der Waals surface area contributed by atoms with Crippen molar-refractivity contribution >= 4 is 43.4 Å². The second kappa shape index (κ2) is 9.01. The Hall–Kier alpha value is -2.98. The highest BCUT2D eigenvalue weighted by Gasteiger charge is 2.26. The van der Waals surface area contributed by atoms with Gasteiger partial charge in [0.2, 0.25) is 0 Å². The maximum atomic E-state index is 14.6. The van der Waals surface area contributed by atoms with Crippen molar-refractivity contribution in [2.45, 2.75) is 11.4 Å². The first-order valence-electron chi connectivity index (χ1n) is 8.37. The molecule has 2 amide bonds. The second-order valence-corrected chi connectivity index (χ2v) is 8.46. The number of hydrogen-bond donors (Lipinski definition) is 2. The quantitative estimate of drug-likeness (QED) is 0.518. The largest absolute Gasteiger partial charge is 0.334 e. The molecule has 3 rings (SSSR count). The van der Waals surface area contributed by atoms with Crippen LogP contribution in [0.2, 0.25) is 0 Å². The molecule has 0 radical (unpaired) electrons. The van der Waals surface area contributed by atoms with Gasteiger partial charge in [0.25, 0.3) is 10.0 Å². The van der Waals surface area contributed by atoms with Gasteiger partial charge >= 0.3 is 6.03 Å². The number of urea groups is 1. The van der Waals surface area contributed by atoms with Gasteiger partial charge in [-0.25, -0.2) is 4.79 Å². The third-order valence-electron chi connectivity index (χ3n) is 3.84. The summed E-state index contributed by atoms with van der Waals surface area (Å²) < 4.78 is 39.6. The van der Waals surface area contributed by atoms with E-state index in [1.165, 1.54) is 42.5 Å². The maximum absolute atomic E-state index is 14.6. The van der Waals surface area contributed by atoms with Crippen LogP contribution in [0.3, 0.4) is 0 Å². The van der Waals surface area contributed by atoms with Gasteiger partial charge in [-0.3, -0.25) is 4.98 Å². The smallest absolute Gasteiger partial charge is 0.319 e. The number of nitrogens with one attached hydrogen (secondary N) is 2. The number of amides is 2. The molecule has 0 fully saturated rings. The van der Waals surface area contributed by atoms with E-state index in [1.54, 1.807) is 24.5 Å². The number of aromatic nitrogens is 1. The summed E-state index contributed by atoms with van der Waals surface area (Å²) in [5.74, 6) is 0. The molecule has 3 aromatic rings. The Morgan fingerprint density at radius 1 is 1.07 bits per heavy atom. The molecule has 150 valence electrons. The molecule has 1 heterocycles. The fraction of sp³-hybridized carbons (Fsp3) is 0.0526. The highest BCUT2D eigenvalue weighted by Crippen LogP contribution is 2.31. The highest BCUT2D eigenvalue weighted by atomic mass is 79.9. The molecular weight excluding hydrogens is 463 g/mol. The van der Waals surface area contributed by atoms with Crippen LogP contribution in [-0.2, 0) is 16.6 Å². The van der Waals surface area contributed by atoms with Gasteiger partial charge in [-0.05, 0) is 64.0 Å². The molecule has 0 aliphatic carbocycles. The number of rotatable bonds is 6. The number of pyridine rings is 1. The molecule has 0 unspecified atom stereocenters. The van der Waals surface area contributed by atoms with Crippen molar-refractivity contribution in [3.05, 3.63) is 83.1 Å². The van der Waals surface area contributed by atoms with Crippen LogP contribution in [0.5, 0.6) is 0 Å². The Morgan fingerprint density at radius 3 is 2.45 bits per heavy atom. The molecular formula is C19H16BrFN4O3S. The summed E-state index contributed by atoms with van der Waals surface area (Å²) in [5.41, 5.74) is 1.06. The van der Waals surface area contributed by atoms with Crippen LogP contribution >= 0.6 is 15.9 Å². The van der Waals surface area contributed by atoms with E-state index >= 15 is 0 Å². The minimum atomic E-state index is -4.40. The van der Waals surface area contributed by atoms with E-state index in [2.05, 4.69) is 31.5 Å². The molecule has 2 N–H and O–H groups in total.